The molecule has 24 heavy (non-hydrogen) atoms. The maximum absolute atomic E-state index is 12.4. The van der Waals surface area contributed by atoms with Crippen LogP contribution in [0.3, 0.4) is 0 Å². The molecule has 0 amide bonds. The van der Waals surface area contributed by atoms with Gasteiger partial charge >= 0.3 is 0 Å². The van der Waals surface area contributed by atoms with Crippen LogP contribution in [-0.2, 0) is 20.3 Å². The van der Waals surface area contributed by atoms with Crippen molar-refractivity contribution in [3.05, 3.63) is 0 Å². The van der Waals surface area contributed by atoms with Crippen molar-refractivity contribution in [1.29, 1.82) is 0 Å². The fourth-order valence-corrected chi connectivity index (χ4v) is 7.59. The van der Waals surface area contributed by atoms with E-state index < -0.39 is 11.4 Å². The Bertz CT molecular complexity index is 564. The quantitative estimate of drug-likeness (QED) is 0.709. The molecule has 0 aromatic carbocycles. The van der Waals surface area contributed by atoms with Gasteiger partial charge in [0.15, 0.2) is 0 Å². The van der Waals surface area contributed by atoms with E-state index in [0.717, 1.165) is 38.5 Å². The summed E-state index contributed by atoms with van der Waals surface area (Å²) in [7, 11) is 0. The molecule has 8 atom stereocenters. The molecule has 0 spiro atoms. The third-order valence-electron chi connectivity index (χ3n) is 8.54. The van der Waals surface area contributed by atoms with Crippen LogP contribution in [-0.4, -0.2) is 20.6 Å². The van der Waals surface area contributed by atoms with E-state index in [-0.39, 0.29) is 11.5 Å². The van der Waals surface area contributed by atoms with Crippen molar-refractivity contribution in [2.24, 2.45) is 34.5 Å². The predicted molar refractivity (Wildman–Crippen MR) is 90.5 cm³/mol. The average Bonchev–Trinajstić information content (AvgIpc) is 2.83. The average molecular weight is 354 g/mol. The molecule has 0 aromatic rings. The SMILES string of the molecule is C[C@]12CC[C@H](OS(=O)[O-])CC1CC[C@@H]1[C@@H]2CC[C@]2(C)C(=O)CC[C@@H]12. The van der Waals surface area contributed by atoms with Crippen molar-refractivity contribution in [3.8, 4) is 0 Å². The van der Waals surface area contributed by atoms with E-state index in [4.69, 9.17) is 4.18 Å². The van der Waals surface area contributed by atoms with Crippen LogP contribution in [0.15, 0.2) is 0 Å². The largest absolute Gasteiger partial charge is 0.750 e. The van der Waals surface area contributed by atoms with Crippen molar-refractivity contribution < 1.29 is 17.7 Å². The van der Waals surface area contributed by atoms with E-state index >= 15 is 0 Å². The number of hydrogen-bond donors (Lipinski definition) is 0. The summed E-state index contributed by atoms with van der Waals surface area (Å²) in [6.45, 7) is 4.67. The summed E-state index contributed by atoms with van der Waals surface area (Å²) in [5.74, 6) is 3.07. The maximum Gasteiger partial charge on any atom is 0.139 e. The standard InChI is InChI=1S/C19H30O4S/c1-18-9-7-13(23-24(21)22)11-12(18)3-4-14-15-5-6-17(20)19(15,2)10-8-16(14)18/h12-16H,3-11H2,1-2H3,(H,21,22)/p-1/t12?,13-,14-,15-,16-,18-,19-/m0/s1. The molecule has 0 aliphatic heterocycles. The van der Waals surface area contributed by atoms with Crippen LogP contribution in [0.5, 0.6) is 0 Å². The summed E-state index contributed by atoms with van der Waals surface area (Å²) in [6, 6.07) is 0. The zero-order valence-electron chi connectivity index (χ0n) is 14.8. The van der Waals surface area contributed by atoms with Crippen LogP contribution < -0.4 is 0 Å². The van der Waals surface area contributed by atoms with Crippen LogP contribution in [0.25, 0.3) is 0 Å². The van der Waals surface area contributed by atoms with Crippen molar-refractivity contribution in [2.45, 2.75) is 77.7 Å². The molecule has 4 aliphatic rings. The number of carbonyl (C=O) groups is 1. The van der Waals surface area contributed by atoms with Crippen molar-refractivity contribution in [3.63, 3.8) is 0 Å². The first-order chi connectivity index (χ1) is 11.3. The molecule has 4 rings (SSSR count). The minimum atomic E-state index is -2.40. The molecule has 0 radical (unpaired) electrons. The Kier molecular flexibility index (Phi) is 4.21. The molecule has 0 bridgehead atoms. The minimum Gasteiger partial charge on any atom is -0.750 e. The van der Waals surface area contributed by atoms with Gasteiger partial charge in [-0.3, -0.25) is 8.98 Å². The Morgan fingerprint density at radius 3 is 2.62 bits per heavy atom. The summed E-state index contributed by atoms with van der Waals surface area (Å²) in [6.07, 6.45) is 9.18. The van der Waals surface area contributed by atoms with Crippen LogP contribution in [0.4, 0.5) is 0 Å². The number of Topliss-reactive ketones (excluding diaryl/α,β-unsaturated/α-hetero) is 1. The Morgan fingerprint density at radius 2 is 1.88 bits per heavy atom. The van der Waals surface area contributed by atoms with E-state index in [1.807, 2.05) is 0 Å². The fourth-order valence-electron chi connectivity index (χ4n) is 7.19. The topological polar surface area (TPSA) is 66.4 Å². The summed E-state index contributed by atoms with van der Waals surface area (Å²) in [5, 5.41) is 0. The highest BCUT2D eigenvalue weighted by Crippen LogP contribution is 2.65. The Hall–Kier alpha value is -0.260. The molecule has 136 valence electrons. The van der Waals surface area contributed by atoms with E-state index in [1.165, 1.54) is 19.3 Å². The first-order valence-corrected chi connectivity index (χ1v) is 10.6. The first kappa shape index (κ1) is 17.2. The highest BCUT2D eigenvalue weighted by Gasteiger charge is 2.60. The van der Waals surface area contributed by atoms with Crippen molar-refractivity contribution >= 4 is 17.1 Å². The second-order valence-corrected chi connectivity index (χ2v) is 9.87. The molecule has 0 N–H and O–H groups in total. The highest BCUT2D eigenvalue weighted by atomic mass is 32.2. The molecule has 4 nitrogen and oxygen atoms in total. The maximum atomic E-state index is 12.4. The zero-order chi connectivity index (χ0) is 17.1. The molecule has 0 saturated heterocycles. The number of rotatable bonds is 2. The van der Waals surface area contributed by atoms with E-state index in [2.05, 4.69) is 13.8 Å². The second-order valence-electron chi connectivity index (χ2n) is 9.27. The summed E-state index contributed by atoms with van der Waals surface area (Å²) < 4.78 is 26.8. The van der Waals surface area contributed by atoms with Gasteiger partial charge in [-0.1, -0.05) is 13.8 Å². The van der Waals surface area contributed by atoms with Gasteiger partial charge in [-0.25, -0.2) is 4.21 Å². The van der Waals surface area contributed by atoms with Gasteiger partial charge in [0.2, 0.25) is 0 Å². The van der Waals surface area contributed by atoms with Gasteiger partial charge in [0.1, 0.15) is 5.78 Å². The number of hydrogen-bond acceptors (Lipinski definition) is 4. The third kappa shape index (κ3) is 2.45. The number of fused-ring (bicyclic) bond motifs is 5. The molecule has 4 fully saturated rings. The van der Waals surface area contributed by atoms with Gasteiger partial charge in [-0.15, -0.1) is 0 Å². The smallest absolute Gasteiger partial charge is 0.139 e. The van der Waals surface area contributed by atoms with Gasteiger partial charge in [-0.05, 0) is 80.5 Å². The normalized spacial score (nSPS) is 52.3. The Labute approximate surface area is 147 Å². The highest BCUT2D eigenvalue weighted by molar-refractivity contribution is 7.74. The predicted octanol–water partition coefficient (Wildman–Crippen LogP) is 3.78. The molecule has 4 aliphatic carbocycles. The lowest BCUT2D eigenvalue weighted by Gasteiger charge is -2.60. The summed E-state index contributed by atoms with van der Waals surface area (Å²) >= 11 is -2.40. The Morgan fingerprint density at radius 1 is 1.08 bits per heavy atom. The molecule has 4 saturated carbocycles. The molecule has 2 unspecified atom stereocenters. The van der Waals surface area contributed by atoms with E-state index in [9.17, 15) is 13.6 Å². The van der Waals surface area contributed by atoms with Gasteiger partial charge in [0.25, 0.3) is 0 Å². The third-order valence-corrected chi connectivity index (χ3v) is 8.97. The molecular formula is C19H29O4S-. The van der Waals surface area contributed by atoms with E-state index in [1.54, 1.807) is 0 Å². The van der Waals surface area contributed by atoms with Gasteiger partial charge in [0.05, 0.1) is 17.5 Å². The lowest BCUT2D eigenvalue weighted by molar-refractivity contribution is -0.141. The molecule has 0 heterocycles. The first-order valence-electron chi connectivity index (χ1n) is 9.64. The lowest BCUT2D eigenvalue weighted by Crippen LogP contribution is -2.54. The lowest BCUT2D eigenvalue weighted by atomic mass is 9.45. The fraction of sp³-hybridized carbons (Fsp3) is 0.947. The van der Waals surface area contributed by atoms with Crippen molar-refractivity contribution in [1.82, 2.24) is 0 Å². The second kappa shape index (κ2) is 5.88. The molecular weight excluding hydrogens is 324 g/mol. The van der Waals surface area contributed by atoms with Crippen LogP contribution in [0, 0.1) is 34.5 Å². The Balaban J connectivity index is 1.54. The summed E-state index contributed by atoms with van der Waals surface area (Å²) in [4.78, 5) is 12.4. The molecule has 5 heteroatoms. The van der Waals surface area contributed by atoms with Crippen LogP contribution in [0.1, 0.15) is 71.6 Å². The molecule has 0 aromatic heterocycles. The van der Waals surface area contributed by atoms with Crippen molar-refractivity contribution in [2.75, 3.05) is 0 Å². The minimum absolute atomic E-state index is 0.0515. The zero-order valence-corrected chi connectivity index (χ0v) is 15.6. The van der Waals surface area contributed by atoms with Gasteiger partial charge in [0, 0.05) is 11.8 Å². The van der Waals surface area contributed by atoms with Crippen LogP contribution in [0.2, 0.25) is 0 Å². The summed E-state index contributed by atoms with van der Waals surface area (Å²) in [5.41, 5.74) is 0.254. The monoisotopic (exact) mass is 353 g/mol. The number of ketones is 1. The van der Waals surface area contributed by atoms with Crippen LogP contribution >= 0.6 is 0 Å². The van der Waals surface area contributed by atoms with Gasteiger partial charge < -0.3 is 4.55 Å². The van der Waals surface area contributed by atoms with Gasteiger partial charge in [-0.2, -0.15) is 0 Å². The number of carbonyl (C=O) groups excluding carboxylic acids is 1. The van der Waals surface area contributed by atoms with E-state index in [0.29, 0.717) is 34.9 Å².